The maximum absolute atomic E-state index is 4.75. The summed E-state index contributed by atoms with van der Waals surface area (Å²) in [4.78, 5) is 7.05. The van der Waals surface area contributed by atoms with E-state index in [4.69, 9.17) is 4.98 Å². The van der Waals surface area contributed by atoms with Crippen LogP contribution in [0.25, 0.3) is 0 Å². The van der Waals surface area contributed by atoms with Gasteiger partial charge in [0.1, 0.15) is 5.82 Å². The van der Waals surface area contributed by atoms with Crippen molar-refractivity contribution in [2.45, 2.75) is 46.1 Å². The minimum atomic E-state index is 0.887. The van der Waals surface area contributed by atoms with Crippen LogP contribution in [-0.2, 0) is 6.54 Å². The molecule has 1 aromatic rings. The number of nitrogens with zero attached hydrogens (tertiary/aromatic N) is 2. The Kier molecular flexibility index (Phi) is 5.20. The maximum atomic E-state index is 4.75. The van der Waals surface area contributed by atoms with Gasteiger partial charge in [-0.2, -0.15) is 0 Å². The van der Waals surface area contributed by atoms with E-state index in [1.165, 1.54) is 31.2 Å². The van der Waals surface area contributed by atoms with Crippen molar-refractivity contribution in [3.63, 3.8) is 0 Å². The third kappa shape index (κ3) is 3.93. The van der Waals surface area contributed by atoms with Crippen molar-refractivity contribution in [3.8, 4) is 0 Å². The molecule has 0 aliphatic heterocycles. The predicted molar refractivity (Wildman–Crippen MR) is 81.6 cm³/mol. The lowest BCUT2D eigenvalue weighted by Gasteiger charge is -2.31. The molecule has 1 heterocycles. The Morgan fingerprint density at radius 2 is 2.16 bits per heavy atom. The molecule has 3 nitrogen and oxygen atoms in total. The molecular weight excluding hydrogens is 234 g/mol. The molecule has 1 fully saturated rings. The molecule has 3 heteroatoms. The first-order chi connectivity index (χ1) is 9.20. The fourth-order valence-electron chi connectivity index (χ4n) is 2.53. The highest BCUT2D eigenvalue weighted by Crippen LogP contribution is 2.28. The summed E-state index contributed by atoms with van der Waals surface area (Å²) in [6, 6.07) is 4.38. The first-order valence-electron chi connectivity index (χ1n) is 7.59. The number of hydrogen-bond donors (Lipinski definition) is 1. The van der Waals surface area contributed by atoms with Gasteiger partial charge in [-0.3, -0.25) is 0 Å². The summed E-state index contributed by atoms with van der Waals surface area (Å²) in [5, 5.41) is 3.44. The number of rotatable bonds is 7. The molecule has 0 spiro atoms. The molecule has 1 saturated carbocycles. The molecule has 0 unspecified atom stereocenters. The molecular formula is C16H27N3. The molecule has 0 amide bonds. The molecule has 0 aromatic carbocycles. The van der Waals surface area contributed by atoms with Crippen LogP contribution in [0, 0.1) is 12.8 Å². The van der Waals surface area contributed by atoms with Gasteiger partial charge in [-0.25, -0.2) is 4.98 Å². The molecule has 1 aromatic heterocycles. The average Bonchev–Trinajstić information content (AvgIpc) is 2.35. The number of pyridine rings is 1. The molecule has 1 aliphatic carbocycles. The first-order valence-corrected chi connectivity index (χ1v) is 7.59. The van der Waals surface area contributed by atoms with Gasteiger partial charge in [0.15, 0.2) is 0 Å². The van der Waals surface area contributed by atoms with Crippen LogP contribution in [0.1, 0.15) is 43.9 Å². The van der Waals surface area contributed by atoms with Crippen molar-refractivity contribution in [3.05, 3.63) is 23.4 Å². The fraction of sp³-hybridized carbons (Fsp3) is 0.688. The lowest BCUT2D eigenvalue weighted by atomic mass is 9.85. The third-order valence-corrected chi connectivity index (χ3v) is 4.07. The molecule has 19 heavy (non-hydrogen) atoms. The standard InChI is InChI=1S/C16H27N3/c1-4-10-17-11-15-8-9-16(18-13(15)2)19(3)12-14-6-5-7-14/h8-9,14,17H,4-7,10-12H2,1-3H3. The predicted octanol–water partition coefficient (Wildman–Crippen LogP) is 3.13. The smallest absolute Gasteiger partial charge is 0.128 e. The highest BCUT2D eigenvalue weighted by atomic mass is 15.2. The van der Waals surface area contributed by atoms with Crippen LogP contribution in [-0.4, -0.2) is 25.1 Å². The van der Waals surface area contributed by atoms with Gasteiger partial charge in [-0.05, 0) is 50.3 Å². The zero-order chi connectivity index (χ0) is 13.7. The summed E-state index contributed by atoms with van der Waals surface area (Å²) in [7, 11) is 2.16. The van der Waals surface area contributed by atoms with Gasteiger partial charge in [0.25, 0.3) is 0 Å². The summed E-state index contributed by atoms with van der Waals surface area (Å²) < 4.78 is 0. The maximum Gasteiger partial charge on any atom is 0.128 e. The Morgan fingerprint density at radius 1 is 1.37 bits per heavy atom. The Hall–Kier alpha value is -1.09. The number of aromatic nitrogens is 1. The molecule has 0 saturated heterocycles. The molecule has 106 valence electrons. The van der Waals surface area contributed by atoms with Crippen LogP contribution in [0.15, 0.2) is 12.1 Å². The summed E-state index contributed by atoms with van der Waals surface area (Å²) in [6.07, 6.45) is 5.37. The highest BCUT2D eigenvalue weighted by Gasteiger charge is 2.19. The molecule has 1 N–H and O–H groups in total. The molecule has 0 radical (unpaired) electrons. The van der Waals surface area contributed by atoms with Crippen LogP contribution < -0.4 is 10.2 Å². The van der Waals surface area contributed by atoms with E-state index in [9.17, 15) is 0 Å². The Morgan fingerprint density at radius 3 is 2.74 bits per heavy atom. The third-order valence-electron chi connectivity index (χ3n) is 4.07. The number of anilines is 1. The molecule has 1 aliphatic rings. The topological polar surface area (TPSA) is 28.2 Å². The normalized spacial score (nSPS) is 15.3. The minimum Gasteiger partial charge on any atom is -0.359 e. The number of hydrogen-bond acceptors (Lipinski definition) is 3. The number of nitrogens with one attached hydrogen (secondary N) is 1. The van der Waals surface area contributed by atoms with Crippen molar-refractivity contribution in [1.82, 2.24) is 10.3 Å². The average molecular weight is 261 g/mol. The second kappa shape index (κ2) is 6.90. The monoisotopic (exact) mass is 261 g/mol. The highest BCUT2D eigenvalue weighted by molar-refractivity contribution is 5.41. The van der Waals surface area contributed by atoms with E-state index in [1.54, 1.807) is 0 Å². The van der Waals surface area contributed by atoms with E-state index in [1.807, 2.05) is 0 Å². The van der Waals surface area contributed by atoms with E-state index < -0.39 is 0 Å². The van der Waals surface area contributed by atoms with Gasteiger partial charge in [-0.1, -0.05) is 19.4 Å². The van der Waals surface area contributed by atoms with E-state index in [2.05, 4.69) is 43.2 Å². The van der Waals surface area contributed by atoms with Crippen molar-refractivity contribution >= 4 is 5.82 Å². The SMILES string of the molecule is CCCNCc1ccc(N(C)CC2CCC2)nc1C. The van der Waals surface area contributed by atoms with Gasteiger partial charge in [0.2, 0.25) is 0 Å². The van der Waals surface area contributed by atoms with Crippen LogP contribution in [0.4, 0.5) is 5.82 Å². The summed E-state index contributed by atoms with van der Waals surface area (Å²) in [5.74, 6) is 2.00. The Bertz CT molecular complexity index is 399. The van der Waals surface area contributed by atoms with E-state index >= 15 is 0 Å². The van der Waals surface area contributed by atoms with Crippen LogP contribution in [0.5, 0.6) is 0 Å². The minimum absolute atomic E-state index is 0.887. The van der Waals surface area contributed by atoms with Gasteiger partial charge in [0.05, 0.1) is 0 Å². The summed E-state index contributed by atoms with van der Waals surface area (Å²) in [6.45, 7) is 7.46. The van der Waals surface area contributed by atoms with Crippen molar-refractivity contribution < 1.29 is 0 Å². The van der Waals surface area contributed by atoms with Crippen LogP contribution in [0.3, 0.4) is 0 Å². The van der Waals surface area contributed by atoms with Crippen LogP contribution >= 0.6 is 0 Å². The van der Waals surface area contributed by atoms with E-state index in [-0.39, 0.29) is 0 Å². The van der Waals surface area contributed by atoms with Crippen molar-refractivity contribution in [2.75, 3.05) is 25.0 Å². The van der Waals surface area contributed by atoms with Crippen molar-refractivity contribution in [1.29, 1.82) is 0 Å². The van der Waals surface area contributed by atoms with Gasteiger partial charge in [-0.15, -0.1) is 0 Å². The summed E-state index contributed by atoms with van der Waals surface area (Å²) in [5.41, 5.74) is 2.47. The Labute approximate surface area is 117 Å². The summed E-state index contributed by atoms with van der Waals surface area (Å²) >= 11 is 0. The van der Waals surface area contributed by atoms with Gasteiger partial charge >= 0.3 is 0 Å². The second-order valence-electron chi connectivity index (χ2n) is 5.77. The van der Waals surface area contributed by atoms with E-state index in [0.29, 0.717) is 0 Å². The molecule has 2 rings (SSSR count). The lowest BCUT2D eigenvalue weighted by Crippen LogP contribution is -2.30. The first kappa shape index (κ1) is 14.3. The Balaban J connectivity index is 1.92. The molecule has 0 atom stereocenters. The fourth-order valence-corrected chi connectivity index (χ4v) is 2.53. The second-order valence-corrected chi connectivity index (χ2v) is 5.77. The van der Waals surface area contributed by atoms with Crippen LogP contribution in [0.2, 0.25) is 0 Å². The van der Waals surface area contributed by atoms with Gasteiger partial charge in [0, 0.05) is 25.8 Å². The molecule has 0 bridgehead atoms. The lowest BCUT2D eigenvalue weighted by molar-refractivity contribution is 0.321. The zero-order valence-corrected chi connectivity index (χ0v) is 12.6. The van der Waals surface area contributed by atoms with Crippen molar-refractivity contribution in [2.24, 2.45) is 5.92 Å². The number of aryl methyl sites for hydroxylation is 1. The van der Waals surface area contributed by atoms with E-state index in [0.717, 1.165) is 37.1 Å². The largest absolute Gasteiger partial charge is 0.359 e. The quantitative estimate of drug-likeness (QED) is 0.764. The zero-order valence-electron chi connectivity index (χ0n) is 12.6. The van der Waals surface area contributed by atoms with Gasteiger partial charge < -0.3 is 10.2 Å².